The van der Waals surface area contributed by atoms with Gasteiger partial charge < -0.3 is 19.4 Å². The van der Waals surface area contributed by atoms with Crippen molar-refractivity contribution in [1.29, 1.82) is 0 Å². The van der Waals surface area contributed by atoms with E-state index in [0.717, 1.165) is 37.5 Å². The van der Waals surface area contributed by atoms with Crippen LogP contribution in [0.1, 0.15) is 56.1 Å². The summed E-state index contributed by atoms with van der Waals surface area (Å²) in [5, 5.41) is 0. The molecule has 0 saturated carbocycles. The molecule has 0 spiro atoms. The number of methoxy groups -OCH3 is 1. The maximum absolute atomic E-state index is 13.6. The fourth-order valence-corrected chi connectivity index (χ4v) is 5.34. The second-order valence-electron chi connectivity index (χ2n) is 10.3. The van der Waals surface area contributed by atoms with E-state index in [1.165, 1.54) is 48.9 Å². The molecule has 1 aliphatic rings. The molecule has 0 N–H and O–H groups in total. The maximum Gasteiger partial charge on any atom is 0.224 e. The van der Waals surface area contributed by atoms with Gasteiger partial charge in [0.1, 0.15) is 5.75 Å². The van der Waals surface area contributed by atoms with Crippen LogP contribution in [0.2, 0.25) is 0 Å². The van der Waals surface area contributed by atoms with E-state index in [4.69, 9.17) is 4.74 Å². The van der Waals surface area contributed by atoms with Crippen molar-refractivity contribution in [3.63, 3.8) is 0 Å². The molecule has 202 valence electrons. The van der Waals surface area contributed by atoms with E-state index in [-0.39, 0.29) is 5.91 Å². The SMILES string of the molecule is COc1ccccc1N(C)CCC(=O)N1CCCCCCCCN(Cc2ccccc2)c2ccccc2C1. The van der Waals surface area contributed by atoms with Crippen LogP contribution in [0.15, 0.2) is 78.9 Å². The number of carbonyl (C=O) groups excluding carboxylic acids is 1. The first-order valence-electron chi connectivity index (χ1n) is 14.1. The molecule has 0 aromatic heterocycles. The molecule has 3 aromatic carbocycles. The van der Waals surface area contributed by atoms with E-state index in [9.17, 15) is 4.79 Å². The Kier molecular flexibility index (Phi) is 10.5. The summed E-state index contributed by atoms with van der Waals surface area (Å²) < 4.78 is 5.53. The Morgan fingerprint density at radius 1 is 0.816 bits per heavy atom. The van der Waals surface area contributed by atoms with Gasteiger partial charge in [-0.15, -0.1) is 0 Å². The van der Waals surface area contributed by atoms with Gasteiger partial charge in [-0.05, 0) is 42.2 Å². The summed E-state index contributed by atoms with van der Waals surface area (Å²) in [7, 11) is 3.72. The van der Waals surface area contributed by atoms with Crippen LogP contribution in [0.5, 0.6) is 5.75 Å². The number of rotatable bonds is 7. The largest absolute Gasteiger partial charge is 0.495 e. The summed E-state index contributed by atoms with van der Waals surface area (Å²) in [6.07, 6.45) is 7.67. The number of amides is 1. The Hall–Kier alpha value is -3.47. The average Bonchev–Trinajstić information content (AvgIpc) is 2.97. The summed E-state index contributed by atoms with van der Waals surface area (Å²) >= 11 is 0. The van der Waals surface area contributed by atoms with Gasteiger partial charge in [0.05, 0.1) is 12.8 Å². The minimum absolute atomic E-state index is 0.214. The molecule has 0 aliphatic carbocycles. The predicted octanol–water partition coefficient (Wildman–Crippen LogP) is 6.91. The van der Waals surface area contributed by atoms with Gasteiger partial charge in [-0.25, -0.2) is 0 Å². The Morgan fingerprint density at radius 2 is 1.47 bits per heavy atom. The van der Waals surface area contributed by atoms with Crippen molar-refractivity contribution < 1.29 is 9.53 Å². The van der Waals surface area contributed by atoms with Crippen molar-refractivity contribution in [2.24, 2.45) is 0 Å². The van der Waals surface area contributed by atoms with Gasteiger partial charge in [-0.1, -0.05) is 86.3 Å². The van der Waals surface area contributed by atoms with Gasteiger partial charge in [0, 0.05) is 51.9 Å². The van der Waals surface area contributed by atoms with Crippen molar-refractivity contribution in [2.45, 2.75) is 58.0 Å². The molecule has 5 heteroatoms. The highest BCUT2D eigenvalue weighted by molar-refractivity contribution is 5.77. The molecule has 0 radical (unpaired) electrons. The lowest BCUT2D eigenvalue weighted by Gasteiger charge is -2.30. The van der Waals surface area contributed by atoms with E-state index < -0.39 is 0 Å². The van der Waals surface area contributed by atoms with Gasteiger partial charge in [0.25, 0.3) is 0 Å². The number of carbonyl (C=O) groups is 1. The molecule has 0 bridgehead atoms. The molecular formula is C33H43N3O2. The lowest BCUT2D eigenvalue weighted by molar-refractivity contribution is -0.131. The van der Waals surface area contributed by atoms with Crippen LogP contribution in [0, 0.1) is 0 Å². The zero-order chi connectivity index (χ0) is 26.6. The van der Waals surface area contributed by atoms with Crippen molar-refractivity contribution >= 4 is 17.3 Å². The molecule has 38 heavy (non-hydrogen) atoms. The van der Waals surface area contributed by atoms with E-state index >= 15 is 0 Å². The number of hydrogen-bond donors (Lipinski definition) is 0. The number of anilines is 2. The van der Waals surface area contributed by atoms with Crippen LogP contribution in [-0.2, 0) is 17.9 Å². The number of fused-ring (bicyclic) bond motifs is 1. The number of benzene rings is 3. The third-order valence-corrected chi connectivity index (χ3v) is 7.53. The second kappa shape index (κ2) is 14.5. The number of nitrogens with zero attached hydrogens (tertiary/aromatic N) is 3. The van der Waals surface area contributed by atoms with Crippen LogP contribution in [0.4, 0.5) is 11.4 Å². The normalized spacial score (nSPS) is 15.0. The summed E-state index contributed by atoms with van der Waals surface area (Å²) in [5.41, 5.74) is 4.81. The summed E-state index contributed by atoms with van der Waals surface area (Å²) in [4.78, 5) is 20.3. The van der Waals surface area contributed by atoms with Crippen molar-refractivity contribution in [3.8, 4) is 5.75 Å². The van der Waals surface area contributed by atoms with Crippen LogP contribution in [-0.4, -0.2) is 44.6 Å². The number of para-hydroxylation sites is 3. The molecule has 0 unspecified atom stereocenters. The summed E-state index contributed by atoms with van der Waals surface area (Å²) in [6, 6.07) is 27.4. The van der Waals surface area contributed by atoms with Gasteiger partial charge in [-0.2, -0.15) is 0 Å². The van der Waals surface area contributed by atoms with E-state index in [1.807, 2.05) is 31.3 Å². The second-order valence-corrected chi connectivity index (χ2v) is 10.3. The highest BCUT2D eigenvalue weighted by atomic mass is 16.5. The Labute approximate surface area is 229 Å². The molecule has 0 atom stereocenters. The van der Waals surface area contributed by atoms with Gasteiger partial charge >= 0.3 is 0 Å². The fourth-order valence-electron chi connectivity index (χ4n) is 5.34. The molecular weight excluding hydrogens is 470 g/mol. The monoisotopic (exact) mass is 513 g/mol. The van der Waals surface area contributed by atoms with Crippen molar-refractivity contribution in [2.75, 3.05) is 43.6 Å². The lowest BCUT2D eigenvalue weighted by atomic mass is 10.1. The maximum atomic E-state index is 13.6. The molecule has 1 heterocycles. The summed E-state index contributed by atoms with van der Waals surface area (Å²) in [5.74, 6) is 1.04. The van der Waals surface area contributed by atoms with Crippen LogP contribution in [0.3, 0.4) is 0 Å². The molecule has 3 aromatic rings. The smallest absolute Gasteiger partial charge is 0.224 e. The minimum Gasteiger partial charge on any atom is -0.495 e. The Balaban J connectivity index is 1.51. The molecule has 1 aliphatic heterocycles. The topological polar surface area (TPSA) is 36.0 Å². The van der Waals surface area contributed by atoms with Crippen molar-refractivity contribution in [3.05, 3.63) is 90.0 Å². The van der Waals surface area contributed by atoms with Gasteiger partial charge in [0.15, 0.2) is 0 Å². The molecule has 0 fully saturated rings. The summed E-state index contributed by atoms with van der Waals surface area (Å²) in [6.45, 7) is 4.03. The zero-order valence-electron chi connectivity index (χ0n) is 23.1. The van der Waals surface area contributed by atoms with Gasteiger partial charge in [-0.3, -0.25) is 4.79 Å². The molecule has 5 nitrogen and oxygen atoms in total. The number of ether oxygens (including phenoxy) is 1. The van der Waals surface area contributed by atoms with E-state index in [0.29, 0.717) is 19.5 Å². The Morgan fingerprint density at radius 3 is 2.26 bits per heavy atom. The highest BCUT2D eigenvalue weighted by Gasteiger charge is 2.19. The van der Waals surface area contributed by atoms with Crippen LogP contribution < -0.4 is 14.5 Å². The lowest BCUT2D eigenvalue weighted by Crippen LogP contribution is -2.35. The predicted molar refractivity (Wildman–Crippen MR) is 158 cm³/mol. The average molecular weight is 514 g/mol. The Bertz CT molecular complexity index is 1130. The van der Waals surface area contributed by atoms with E-state index in [2.05, 4.69) is 69.3 Å². The first kappa shape index (κ1) is 27.6. The first-order chi connectivity index (χ1) is 18.7. The fraction of sp³-hybridized carbons (Fsp3) is 0.424. The molecule has 4 rings (SSSR count). The quantitative estimate of drug-likeness (QED) is 0.344. The van der Waals surface area contributed by atoms with Crippen molar-refractivity contribution in [1.82, 2.24) is 4.90 Å². The standard InChI is InChI=1S/C33H43N3O2/c1-34(31-20-12-13-21-32(31)38-2)25-22-33(37)36-24-15-6-4-3-5-14-23-35(26-28-16-8-7-9-17-28)30-19-11-10-18-29(30)27-36/h7-13,16-21H,3-6,14-15,22-27H2,1-2H3. The van der Waals surface area contributed by atoms with Crippen LogP contribution in [0.25, 0.3) is 0 Å². The van der Waals surface area contributed by atoms with Crippen LogP contribution >= 0.6 is 0 Å². The molecule has 1 amide bonds. The first-order valence-corrected chi connectivity index (χ1v) is 14.1. The zero-order valence-corrected chi connectivity index (χ0v) is 23.1. The highest BCUT2D eigenvalue weighted by Crippen LogP contribution is 2.28. The number of hydrogen-bond acceptors (Lipinski definition) is 4. The third-order valence-electron chi connectivity index (χ3n) is 7.53. The van der Waals surface area contributed by atoms with Gasteiger partial charge in [0.2, 0.25) is 5.91 Å². The third kappa shape index (κ3) is 7.77. The molecule has 0 saturated heterocycles. The minimum atomic E-state index is 0.214. The van der Waals surface area contributed by atoms with E-state index in [1.54, 1.807) is 7.11 Å².